The van der Waals surface area contributed by atoms with Crippen LogP contribution in [-0.2, 0) is 13.0 Å². The van der Waals surface area contributed by atoms with Gasteiger partial charge in [-0.25, -0.2) is 4.98 Å². The fourth-order valence-electron chi connectivity index (χ4n) is 3.54. The Morgan fingerprint density at radius 3 is 2.83 bits per heavy atom. The summed E-state index contributed by atoms with van der Waals surface area (Å²) in [5.74, 6) is 1.07. The first-order valence-electron chi connectivity index (χ1n) is 9.83. The van der Waals surface area contributed by atoms with Crippen molar-refractivity contribution in [3.8, 4) is 11.3 Å². The maximum absolute atomic E-state index is 5.92. The van der Waals surface area contributed by atoms with Crippen molar-refractivity contribution in [3.63, 3.8) is 0 Å². The van der Waals surface area contributed by atoms with Gasteiger partial charge in [-0.2, -0.15) is 0 Å². The summed E-state index contributed by atoms with van der Waals surface area (Å²) in [7, 11) is 0. The van der Waals surface area contributed by atoms with E-state index < -0.39 is 0 Å². The van der Waals surface area contributed by atoms with E-state index in [0.29, 0.717) is 18.0 Å². The maximum Gasteiger partial charge on any atom is 0.170 e. The molecule has 150 valence electrons. The highest BCUT2D eigenvalue weighted by molar-refractivity contribution is 5.69. The van der Waals surface area contributed by atoms with Crippen LogP contribution in [0.25, 0.3) is 11.3 Å². The Kier molecular flexibility index (Phi) is 4.69. The first-order chi connectivity index (χ1) is 14.7. The van der Waals surface area contributed by atoms with Gasteiger partial charge in [0.05, 0.1) is 17.0 Å². The molecule has 0 amide bonds. The smallest absolute Gasteiger partial charge is 0.170 e. The van der Waals surface area contributed by atoms with Crippen LogP contribution in [0.15, 0.2) is 89.0 Å². The Balaban J connectivity index is 1.19. The van der Waals surface area contributed by atoms with E-state index in [1.54, 1.807) is 6.20 Å². The number of hydrogen-bond acceptors (Lipinski definition) is 7. The summed E-state index contributed by atoms with van der Waals surface area (Å²) in [5, 5.41) is 14.2. The number of dihydropyridines is 1. The number of nitrogens with two attached hydrogens (primary N) is 1. The van der Waals surface area contributed by atoms with Crippen LogP contribution in [0.1, 0.15) is 16.8 Å². The molecular weight excluding hydrogens is 376 g/mol. The van der Waals surface area contributed by atoms with E-state index >= 15 is 0 Å². The van der Waals surface area contributed by atoms with Crippen molar-refractivity contribution in [2.75, 3.05) is 5.73 Å². The second-order valence-electron chi connectivity index (χ2n) is 7.31. The van der Waals surface area contributed by atoms with E-state index in [-0.39, 0.29) is 6.17 Å². The van der Waals surface area contributed by atoms with Crippen LogP contribution in [-0.4, -0.2) is 16.3 Å². The molecule has 0 spiro atoms. The lowest BCUT2D eigenvalue weighted by atomic mass is 10.1. The molecule has 3 aromatic rings. The lowest BCUT2D eigenvalue weighted by Gasteiger charge is -2.20. The van der Waals surface area contributed by atoms with Crippen LogP contribution in [0.4, 0.5) is 5.82 Å². The summed E-state index contributed by atoms with van der Waals surface area (Å²) in [6, 6.07) is 14.1. The summed E-state index contributed by atoms with van der Waals surface area (Å²) in [6.07, 6.45) is 10.7. The van der Waals surface area contributed by atoms with Gasteiger partial charge in [0.2, 0.25) is 0 Å². The number of rotatable bonds is 6. The molecule has 0 aliphatic carbocycles. The van der Waals surface area contributed by atoms with Gasteiger partial charge in [0.15, 0.2) is 5.76 Å². The second-order valence-corrected chi connectivity index (χ2v) is 7.31. The largest absolute Gasteiger partial charge is 0.383 e. The molecule has 4 heterocycles. The van der Waals surface area contributed by atoms with Crippen LogP contribution >= 0.6 is 0 Å². The molecule has 0 saturated carbocycles. The molecule has 5 rings (SSSR count). The van der Waals surface area contributed by atoms with Crippen LogP contribution in [0.3, 0.4) is 0 Å². The van der Waals surface area contributed by atoms with Gasteiger partial charge in [0, 0.05) is 31.4 Å². The van der Waals surface area contributed by atoms with E-state index in [2.05, 4.69) is 62.5 Å². The average molecular weight is 398 g/mol. The van der Waals surface area contributed by atoms with Crippen LogP contribution < -0.4 is 21.7 Å². The SMILES string of the molecule is Nc1ncccc1-c1cc(Cc2ccc(CNC3=CNC4NC=CC4=C3)cc2)no1. The predicted octanol–water partition coefficient (Wildman–Crippen LogP) is 2.81. The Bertz CT molecular complexity index is 1140. The third-order valence-electron chi connectivity index (χ3n) is 5.17. The van der Waals surface area contributed by atoms with E-state index in [9.17, 15) is 0 Å². The first kappa shape index (κ1) is 18.1. The molecule has 2 aromatic heterocycles. The summed E-state index contributed by atoms with van der Waals surface area (Å²) in [5.41, 5.74) is 12.2. The first-order valence-corrected chi connectivity index (χ1v) is 9.83. The predicted molar refractivity (Wildman–Crippen MR) is 116 cm³/mol. The molecule has 7 heteroatoms. The van der Waals surface area contributed by atoms with E-state index in [1.807, 2.05) is 30.6 Å². The Morgan fingerprint density at radius 2 is 1.97 bits per heavy atom. The number of pyridine rings is 1. The highest BCUT2D eigenvalue weighted by Crippen LogP contribution is 2.25. The van der Waals surface area contributed by atoms with E-state index in [0.717, 1.165) is 23.5 Å². The normalized spacial score (nSPS) is 16.9. The summed E-state index contributed by atoms with van der Waals surface area (Å²) in [4.78, 5) is 4.09. The van der Waals surface area contributed by atoms with Crippen LogP contribution in [0, 0.1) is 0 Å². The quantitative estimate of drug-likeness (QED) is 0.506. The van der Waals surface area contributed by atoms with Crippen LogP contribution in [0.5, 0.6) is 0 Å². The number of nitrogens with one attached hydrogen (secondary N) is 3. The summed E-state index contributed by atoms with van der Waals surface area (Å²) < 4.78 is 5.46. The molecule has 2 aliphatic rings. The zero-order valence-corrected chi connectivity index (χ0v) is 16.3. The van der Waals surface area contributed by atoms with Crippen LogP contribution in [0.2, 0.25) is 0 Å². The van der Waals surface area contributed by atoms with Crippen molar-refractivity contribution >= 4 is 5.82 Å². The topological polar surface area (TPSA) is 101 Å². The van der Waals surface area contributed by atoms with Gasteiger partial charge >= 0.3 is 0 Å². The monoisotopic (exact) mass is 398 g/mol. The van der Waals surface area contributed by atoms with Crippen molar-refractivity contribution in [2.24, 2.45) is 0 Å². The third kappa shape index (κ3) is 3.77. The number of benzene rings is 1. The minimum atomic E-state index is 0.196. The van der Waals surface area contributed by atoms with Gasteiger partial charge in [-0.15, -0.1) is 0 Å². The van der Waals surface area contributed by atoms with Crippen molar-refractivity contribution < 1.29 is 4.52 Å². The maximum atomic E-state index is 5.92. The Labute approximate surface area is 174 Å². The van der Waals surface area contributed by atoms with Crippen molar-refractivity contribution in [2.45, 2.75) is 19.1 Å². The zero-order valence-electron chi connectivity index (χ0n) is 16.3. The number of hydrogen-bond donors (Lipinski definition) is 4. The zero-order chi connectivity index (χ0) is 20.3. The average Bonchev–Trinajstić information content (AvgIpc) is 3.43. The molecule has 30 heavy (non-hydrogen) atoms. The standard InChI is InChI=1S/C23H22N6O/c24-22-20(2-1-8-25-22)21-12-18(29-30-21)10-15-3-5-16(6-4-15)13-27-19-11-17-7-9-26-23(17)28-14-19/h1-9,11-12,14,23,26-28H,10,13H2,(H2,24,25). The van der Waals surface area contributed by atoms with Crippen molar-refractivity contribution in [1.82, 2.24) is 26.1 Å². The molecular formula is C23H22N6O. The van der Waals surface area contributed by atoms with Gasteiger partial charge < -0.3 is 26.2 Å². The molecule has 0 radical (unpaired) electrons. The van der Waals surface area contributed by atoms with E-state index in [4.69, 9.17) is 10.3 Å². The van der Waals surface area contributed by atoms with Gasteiger partial charge in [0.1, 0.15) is 12.0 Å². The molecule has 2 aliphatic heterocycles. The Morgan fingerprint density at radius 1 is 1.10 bits per heavy atom. The number of nitrogens with zero attached hydrogens (tertiary/aromatic N) is 2. The fraction of sp³-hybridized carbons (Fsp3) is 0.130. The molecule has 5 N–H and O–H groups in total. The fourth-order valence-corrected chi connectivity index (χ4v) is 3.54. The molecule has 7 nitrogen and oxygen atoms in total. The second kappa shape index (κ2) is 7.79. The molecule has 1 aromatic carbocycles. The molecule has 0 fully saturated rings. The summed E-state index contributed by atoms with van der Waals surface area (Å²) >= 11 is 0. The lowest BCUT2D eigenvalue weighted by molar-refractivity contribution is 0.425. The number of anilines is 1. The molecule has 0 bridgehead atoms. The highest BCUT2D eigenvalue weighted by Gasteiger charge is 2.17. The van der Waals surface area contributed by atoms with Gasteiger partial charge in [-0.1, -0.05) is 29.4 Å². The third-order valence-corrected chi connectivity index (χ3v) is 5.17. The van der Waals surface area contributed by atoms with Gasteiger partial charge in [-0.05, 0) is 47.2 Å². The minimum absolute atomic E-state index is 0.196. The number of allylic oxidation sites excluding steroid dienone is 1. The number of nitrogen functional groups attached to an aromatic ring is 1. The van der Waals surface area contributed by atoms with Crippen molar-refractivity contribution in [3.05, 3.63) is 101 Å². The van der Waals surface area contributed by atoms with Crippen molar-refractivity contribution in [1.29, 1.82) is 0 Å². The van der Waals surface area contributed by atoms with Gasteiger partial charge in [-0.3, -0.25) is 0 Å². The van der Waals surface area contributed by atoms with E-state index in [1.165, 1.54) is 16.7 Å². The number of fused-ring (bicyclic) bond motifs is 1. The van der Waals surface area contributed by atoms with Gasteiger partial charge in [0.25, 0.3) is 0 Å². The highest BCUT2D eigenvalue weighted by atomic mass is 16.5. The number of aromatic nitrogens is 2. The minimum Gasteiger partial charge on any atom is -0.383 e. The lowest BCUT2D eigenvalue weighted by Crippen LogP contribution is -2.37. The molecule has 1 unspecified atom stereocenters. The molecule has 0 saturated heterocycles. The summed E-state index contributed by atoms with van der Waals surface area (Å²) in [6.45, 7) is 0.758. The Hall–Kier alpha value is -4.00. The molecule has 1 atom stereocenters.